The summed E-state index contributed by atoms with van der Waals surface area (Å²) in [5.41, 5.74) is 5.16. The molecule has 0 unspecified atom stereocenters. The zero-order valence-electron chi connectivity index (χ0n) is 6.14. The van der Waals surface area contributed by atoms with Crippen molar-refractivity contribution < 1.29 is 13.2 Å². The number of carbonyl (C=O) groups is 1. The average Bonchev–Trinajstić information content (AvgIpc) is 2.25. The van der Waals surface area contributed by atoms with Crippen LogP contribution in [0.15, 0.2) is 15.0 Å². The second kappa shape index (κ2) is 2.91. The average molecular weight is 206 g/mol. The summed E-state index contributed by atoms with van der Waals surface area (Å²) < 4.78 is 25.1. The quantitative estimate of drug-likeness (QED) is 0.622. The zero-order chi connectivity index (χ0) is 9.35. The highest BCUT2D eigenvalue weighted by Crippen LogP contribution is 2.21. The molecular formula is C5H6N2O3S2. The molecule has 1 heterocycles. The zero-order valence-corrected chi connectivity index (χ0v) is 7.78. The molecule has 0 aromatic heterocycles. The maximum absolute atomic E-state index is 11.0. The number of nitrogens with two attached hydrogens (primary N) is 1. The van der Waals surface area contributed by atoms with Gasteiger partial charge in [-0.15, -0.1) is 0 Å². The minimum absolute atomic E-state index is 0.0886. The van der Waals surface area contributed by atoms with Crippen molar-refractivity contribution in [1.29, 1.82) is 0 Å². The van der Waals surface area contributed by atoms with Crippen LogP contribution in [0.25, 0.3) is 0 Å². The molecule has 0 fully saturated rings. The van der Waals surface area contributed by atoms with Crippen LogP contribution in [-0.2, 0) is 14.8 Å². The van der Waals surface area contributed by atoms with Gasteiger partial charge in [0.05, 0.1) is 11.9 Å². The summed E-state index contributed by atoms with van der Waals surface area (Å²) in [6, 6.07) is 0. The molecule has 0 aromatic rings. The molecule has 0 saturated carbocycles. The van der Waals surface area contributed by atoms with Crippen molar-refractivity contribution >= 4 is 33.1 Å². The number of thioether (sulfide) groups is 1. The molecule has 2 N–H and O–H groups in total. The normalized spacial score (nSPS) is 20.1. The molecule has 5 nitrogen and oxygen atoms in total. The van der Waals surface area contributed by atoms with Gasteiger partial charge in [0, 0.05) is 0 Å². The lowest BCUT2D eigenvalue weighted by molar-refractivity contribution is -0.107. The minimum atomic E-state index is -3.79. The molecule has 1 aliphatic heterocycles. The molecule has 0 amide bonds. The van der Waals surface area contributed by atoms with Crippen molar-refractivity contribution in [1.82, 2.24) is 0 Å². The third kappa shape index (κ3) is 1.37. The molecule has 7 heteroatoms. The smallest absolute Gasteiger partial charge is 0.288 e. The Balaban J connectivity index is 3.23. The fourth-order valence-corrected chi connectivity index (χ4v) is 2.49. The van der Waals surface area contributed by atoms with Crippen LogP contribution in [-0.4, -0.2) is 26.0 Å². The predicted octanol–water partition coefficient (Wildman–Crippen LogP) is -0.539. The van der Waals surface area contributed by atoms with Gasteiger partial charge in [-0.05, 0) is 6.26 Å². The van der Waals surface area contributed by atoms with E-state index >= 15 is 0 Å². The van der Waals surface area contributed by atoms with Gasteiger partial charge >= 0.3 is 0 Å². The number of hydrogen-bond donors (Lipinski definition) is 1. The first kappa shape index (κ1) is 9.27. The lowest BCUT2D eigenvalue weighted by Crippen LogP contribution is -2.10. The monoisotopic (exact) mass is 206 g/mol. The van der Waals surface area contributed by atoms with Crippen molar-refractivity contribution in [3.05, 3.63) is 10.6 Å². The van der Waals surface area contributed by atoms with Crippen LogP contribution < -0.4 is 5.73 Å². The fourth-order valence-electron chi connectivity index (χ4n) is 0.702. The summed E-state index contributed by atoms with van der Waals surface area (Å²) >= 11 is 0.792. The molecule has 12 heavy (non-hydrogen) atoms. The lowest BCUT2D eigenvalue weighted by atomic mass is 10.4. The third-order valence-electron chi connectivity index (χ3n) is 1.22. The van der Waals surface area contributed by atoms with Gasteiger partial charge in [0.1, 0.15) is 0 Å². The molecule has 0 aliphatic carbocycles. The molecule has 0 spiro atoms. The van der Waals surface area contributed by atoms with Gasteiger partial charge in [-0.25, -0.2) is 0 Å². The summed E-state index contributed by atoms with van der Waals surface area (Å²) in [6.07, 6.45) is 2.45. The van der Waals surface area contributed by atoms with E-state index in [0.29, 0.717) is 0 Å². The SMILES string of the molecule is CSC(=O)C1=C(N)C=NS1(=O)=O. The van der Waals surface area contributed by atoms with Gasteiger partial charge in [0.15, 0.2) is 4.91 Å². The number of sulfonamides is 1. The summed E-state index contributed by atoms with van der Waals surface area (Å²) in [5.74, 6) is 0. The van der Waals surface area contributed by atoms with E-state index in [1.165, 1.54) is 6.26 Å². The van der Waals surface area contributed by atoms with E-state index in [2.05, 4.69) is 4.40 Å². The van der Waals surface area contributed by atoms with Crippen molar-refractivity contribution in [2.45, 2.75) is 0 Å². The maximum Gasteiger partial charge on any atom is 0.288 e. The summed E-state index contributed by atoms with van der Waals surface area (Å²) in [7, 11) is -3.79. The van der Waals surface area contributed by atoms with Crippen LogP contribution in [0, 0.1) is 0 Å². The number of allylic oxidation sites excluding steroid dienone is 1. The second-order valence-electron chi connectivity index (χ2n) is 1.99. The van der Waals surface area contributed by atoms with Crippen LogP contribution in [0.1, 0.15) is 0 Å². The van der Waals surface area contributed by atoms with Gasteiger partial charge in [-0.3, -0.25) is 4.79 Å². The highest BCUT2D eigenvalue weighted by atomic mass is 32.2. The first-order chi connectivity index (χ1) is 5.49. The Labute approximate surface area is 73.8 Å². The second-order valence-corrected chi connectivity index (χ2v) is 4.33. The molecule has 0 aromatic carbocycles. The molecule has 66 valence electrons. The molecule has 0 bridgehead atoms. The highest BCUT2D eigenvalue weighted by molar-refractivity contribution is 8.15. The van der Waals surface area contributed by atoms with E-state index in [1.54, 1.807) is 0 Å². The number of carbonyl (C=O) groups excluding carboxylic acids is 1. The Morgan fingerprint density at radius 2 is 2.25 bits per heavy atom. The van der Waals surface area contributed by atoms with E-state index in [1.807, 2.05) is 0 Å². The van der Waals surface area contributed by atoms with Gasteiger partial charge in [-0.1, -0.05) is 11.8 Å². The summed E-state index contributed by atoms with van der Waals surface area (Å²) in [4.78, 5) is 10.6. The van der Waals surface area contributed by atoms with Crippen LogP contribution >= 0.6 is 11.8 Å². The number of rotatable bonds is 1. The highest BCUT2D eigenvalue weighted by Gasteiger charge is 2.30. The van der Waals surface area contributed by atoms with E-state index in [9.17, 15) is 13.2 Å². The molecule has 0 saturated heterocycles. The van der Waals surface area contributed by atoms with Crippen LogP contribution in [0.2, 0.25) is 0 Å². The van der Waals surface area contributed by atoms with E-state index in [0.717, 1.165) is 18.0 Å². The Morgan fingerprint density at radius 3 is 2.58 bits per heavy atom. The topological polar surface area (TPSA) is 89.6 Å². The van der Waals surface area contributed by atoms with Crippen molar-refractivity contribution in [3.8, 4) is 0 Å². The van der Waals surface area contributed by atoms with Crippen molar-refractivity contribution in [2.24, 2.45) is 10.1 Å². The molecule has 0 radical (unpaired) electrons. The Kier molecular flexibility index (Phi) is 2.25. The summed E-state index contributed by atoms with van der Waals surface area (Å²) in [6.45, 7) is 0. The minimum Gasteiger partial charge on any atom is -0.396 e. The molecule has 0 atom stereocenters. The van der Waals surface area contributed by atoms with Gasteiger partial charge in [0.2, 0.25) is 5.12 Å². The number of nitrogens with zero attached hydrogens (tertiary/aromatic N) is 1. The van der Waals surface area contributed by atoms with Gasteiger partial charge in [0.25, 0.3) is 10.0 Å². The fraction of sp³-hybridized carbons (Fsp3) is 0.200. The third-order valence-corrected chi connectivity index (χ3v) is 3.25. The number of hydrogen-bond acceptors (Lipinski definition) is 5. The van der Waals surface area contributed by atoms with Crippen LogP contribution in [0.3, 0.4) is 0 Å². The van der Waals surface area contributed by atoms with Crippen LogP contribution in [0.4, 0.5) is 0 Å². The predicted molar refractivity (Wildman–Crippen MR) is 47.1 cm³/mol. The van der Waals surface area contributed by atoms with Crippen molar-refractivity contribution in [2.75, 3.05) is 6.26 Å². The first-order valence-corrected chi connectivity index (χ1v) is 5.54. The standard InChI is InChI=1S/C5H6N2O3S2/c1-11-5(8)4-3(6)2-7-12(4,9)10/h2H,6H2,1H3. The Hall–Kier alpha value is -0.820. The lowest BCUT2D eigenvalue weighted by Gasteiger charge is -1.96. The van der Waals surface area contributed by atoms with E-state index in [4.69, 9.17) is 5.73 Å². The van der Waals surface area contributed by atoms with Crippen LogP contribution in [0.5, 0.6) is 0 Å². The van der Waals surface area contributed by atoms with Gasteiger partial charge in [-0.2, -0.15) is 12.8 Å². The first-order valence-electron chi connectivity index (χ1n) is 2.87. The maximum atomic E-state index is 11.0. The largest absolute Gasteiger partial charge is 0.396 e. The van der Waals surface area contributed by atoms with E-state index in [-0.39, 0.29) is 5.70 Å². The Morgan fingerprint density at radius 1 is 1.67 bits per heavy atom. The summed E-state index contributed by atoms with van der Waals surface area (Å²) in [5, 5.41) is -0.579. The van der Waals surface area contributed by atoms with Gasteiger partial charge < -0.3 is 5.73 Å². The molecule has 1 rings (SSSR count). The Bertz CT molecular complexity index is 379. The van der Waals surface area contributed by atoms with E-state index < -0.39 is 20.0 Å². The molecular weight excluding hydrogens is 200 g/mol. The van der Waals surface area contributed by atoms with Crippen molar-refractivity contribution in [3.63, 3.8) is 0 Å². The molecule has 1 aliphatic rings.